The minimum atomic E-state index is -0.0339. The number of nitrogens with zero attached hydrogens (tertiary/aromatic N) is 1. The molecule has 0 bridgehead atoms. The predicted molar refractivity (Wildman–Crippen MR) is 96.7 cm³/mol. The molecule has 5 heteroatoms. The summed E-state index contributed by atoms with van der Waals surface area (Å²) in [5.74, 6) is 1.40. The summed E-state index contributed by atoms with van der Waals surface area (Å²) >= 11 is 0. The molecule has 0 radical (unpaired) electrons. The SMILES string of the molecule is CCOc1ccc(C2CC(=O)Nc3n[nH]c(-c4ccccc4)c32)cc1. The largest absolute Gasteiger partial charge is 0.494 e. The lowest BCUT2D eigenvalue weighted by molar-refractivity contribution is -0.116. The second-order valence-electron chi connectivity index (χ2n) is 6.03. The molecule has 2 N–H and O–H groups in total. The quantitative estimate of drug-likeness (QED) is 0.760. The smallest absolute Gasteiger partial charge is 0.226 e. The lowest BCUT2D eigenvalue weighted by Gasteiger charge is -2.23. The molecule has 0 spiro atoms. The number of aromatic amines is 1. The maximum absolute atomic E-state index is 12.1. The van der Waals surface area contributed by atoms with Crippen LogP contribution in [0, 0.1) is 0 Å². The summed E-state index contributed by atoms with van der Waals surface area (Å²) in [7, 11) is 0. The summed E-state index contributed by atoms with van der Waals surface area (Å²) < 4.78 is 5.52. The molecule has 1 unspecified atom stereocenters. The van der Waals surface area contributed by atoms with Crippen molar-refractivity contribution in [1.82, 2.24) is 10.2 Å². The van der Waals surface area contributed by atoms with Gasteiger partial charge in [-0.05, 0) is 30.2 Å². The van der Waals surface area contributed by atoms with Crippen LogP contribution in [0.4, 0.5) is 5.82 Å². The molecule has 5 nitrogen and oxygen atoms in total. The molecule has 2 heterocycles. The summed E-state index contributed by atoms with van der Waals surface area (Å²) in [5, 5.41) is 10.3. The van der Waals surface area contributed by atoms with E-state index in [2.05, 4.69) is 15.5 Å². The van der Waals surface area contributed by atoms with Crippen LogP contribution in [0.2, 0.25) is 0 Å². The molecule has 1 atom stereocenters. The average Bonchev–Trinajstić information content (AvgIpc) is 3.06. The molecular weight excluding hydrogens is 314 g/mol. The van der Waals surface area contributed by atoms with Gasteiger partial charge in [0.15, 0.2) is 5.82 Å². The number of anilines is 1. The van der Waals surface area contributed by atoms with Gasteiger partial charge in [-0.2, -0.15) is 5.10 Å². The zero-order valence-corrected chi connectivity index (χ0v) is 14.0. The van der Waals surface area contributed by atoms with Gasteiger partial charge in [0.2, 0.25) is 5.91 Å². The van der Waals surface area contributed by atoms with Crippen molar-refractivity contribution in [2.24, 2.45) is 0 Å². The van der Waals surface area contributed by atoms with Crippen LogP contribution in [0.25, 0.3) is 11.3 Å². The highest BCUT2D eigenvalue weighted by molar-refractivity contribution is 5.96. The summed E-state index contributed by atoms with van der Waals surface area (Å²) in [6, 6.07) is 18.0. The van der Waals surface area contributed by atoms with E-state index in [1.807, 2.05) is 61.5 Å². The van der Waals surface area contributed by atoms with E-state index in [0.717, 1.165) is 28.1 Å². The van der Waals surface area contributed by atoms with Crippen molar-refractivity contribution < 1.29 is 9.53 Å². The molecule has 0 saturated carbocycles. The van der Waals surface area contributed by atoms with E-state index in [9.17, 15) is 4.79 Å². The van der Waals surface area contributed by atoms with Crippen LogP contribution in [-0.2, 0) is 4.79 Å². The van der Waals surface area contributed by atoms with Crippen LogP contribution in [0.1, 0.15) is 30.4 Å². The first-order valence-electron chi connectivity index (χ1n) is 8.42. The van der Waals surface area contributed by atoms with Crippen molar-refractivity contribution >= 4 is 11.7 Å². The van der Waals surface area contributed by atoms with Gasteiger partial charge in [0.05, 0.1) is 12.3 Å². The Morgan fingerprint density at radius 1 is 1.12 bits per heavy atom. The number of amides is 1. The van der Waals surface area contributed by atoms with Gasteiger partial charge >= 0.3 is 0 Å². The predicted octanol–water partition coefficient (Wildman–Crippen LogP) is 3.95. The third-order valence-corrected chi connectivity index (χ3v) is 4.46. The topological polar surface area (TPSA) is 67.0 Å². The normalized spacial score (nSPS) is 16.2. The fourth-order valence-electron chi connectivity index (χ4n) is 3.33. The first kappa shape index (κ1) is 15.4. The standard InChI is InChI=1S/C20H19N3O2/c1-2-25-15-10-8-13(9-11-15)16-12-17(24)21-20-18(16)19(22-23-20)14-6-4-3-5-7-14/h3-11,16H,2,12H2,1H3,(H2,21,22,23,24). The van der Waals surface area contributed by atoms with Crippen molar-refractivity contribution in [3.05, 3.63) is 65.7 Å². The average molecular weight is 333 g/mol. The van der Waals surface area contributed by atoms with Gasteiger partial charge in [0.25, 0.3) is 0 Å². The van der Waals surface area contributed by atoms with Crippen molar-refractivity contribution in [3.63, 3.8) is 0 Å². The third kappa shape index (κ3) is 2.89. The first-order chi connectivity index (χ1) is 12.3. The Morgan fingerprint density at radius 3 is 2.60 bits per heavy atom. The Hall–Kier alpha value is -3.08. The van der Waals surface area contributed by atoms with E-state index in [1.54, 1.807) is 0 Å². The van der Waals surface area contributed by atoms with Crippen LogP contribution in [-0.4, -0.2) is 22.7 Å². The van der Waals surface area contributed by atoms with E-state index in [4.69, 9.17) is 4.74 Å². The number of fused-ring (bicyclic) bond motifs is 1. The number of carbonyl (C=O) groups excluding carboxylic acids is 1. The third-order valence-electron chi connectivity index (χ3n) is 4.46. The number of benzene rings is 2. The lowest BCUT2D eigenvalue weighted by Crippen LogP contribution is -2.23. The summed E-state index contributed by atoms with van der Waals surface area (Å²) in [4.78, 5) is 12.1. The monoisotopic (exact) mass is 333 g/mol. The van der Waals surface area contributed by atoms with Crippen molar-refractivity contribution in [1.29, 1.82) is 0 Å². The maximum Gasteiger partial charge on any atom is 0.226 e. The Bertz CT molecular complexity index is 885. The van der Waals surface area contributed by atoms with Gasteiger partial charge in [-0.25, -0.2) is 0 Å². The van der Waals surface area contributed by atoms with Gasteiger partial charge in [0.1, 0.15) is 5.75 Å². The van der Waals surface area contributed by atoms with Crippen molar-refractivity contribution in [2.75, 3.05) is 11.9 Å². The number of hydrogen-bond acceptors (Lipinski definition) is 3. The number of hydrogen-bond donors (Lipinski definition) is 2. The number of nitrogens with one attached hydrogen (secondary N) is 2. The highest BCUT2D eigenvalue weighted by atomic mass is 16.5. The van der Waals surface area contributed by atoms with E-state index in [1.165, 1.54) is 0 Å². The van der Waals surface area contributed by atoms with Crippen LogP contribution in [0.5, 0.6) is 5.75 Å². The highest BCUT2D eigenvalue weighted by Crippen LogP contribution is 2.41. The summed E-state index contributed by atoms with van der Waals surface area (Å²) in [5.41, 5.74) is 4.13. The second kappa shape index (κ2) is 6.43. The fourth-order valence-corrected chi connectivity index (χ4v) is 3.33. The molecule has 4 rings (SSSR count). The molecule has 1 amide bonds. The summed E-state index contributed by atoms with van der Waals surface area (Å²) in [6.45, 7) is 2.60. The van der Waals surface area contributed by atoms with Gasteiger partial charge in [-0.3, -0.25) is 9.89 Å². The fraction of sp³-hybridized carbons (Fsp3) is 0.200. The van der Waals surface area contributed by atoms with E-state index < -0.39 is 0 Å². The molecule has 1 aliphatic rings. The molecule has 1 aliphatic heterocycles. The Labute approximate surface area is 146 Å². The Morgan fingerprint density at radius 2 is 1.88 bits per heavy atom. The van der Waals surface area contributed by atoms with E-state index in [-0.39, 0.29) is 11.8 Å². The molecule has 3 aromatic rings. The van der Waals surface area contributed by atoms with E-state index >= 15 is 0 Å². The minimum Gasteiger partial charge on any atom is -0.494 e. The number of aromatic nitrogens is 2. The second-order valence-corrected chi connectivity index (χ2v) is 6.03. The van der Waals surface area contributed by atoms with Crippen LogP contribution >= 0.6 is 0 Å². The maximum atomic E-state index is 12.1. The van der Waals surface area contributed by atoms with E-state index in [0.29, 0.717) is 18.8 Å². The number of ether oxygens (including phenoxy) is 1. The van der Waals surface area contributed by atoms with Gasteiger partial charge < -0.3 is 10.1 Å². The molecule has 0 aliphatic carbocycles. The van der Waals surface area contributed by atoms with Crippen LogP contribution in [0.15, 0.2) is 54.6 Å². The minimum absolute atomic E-state index is 0.0162. The zero-order chi connectivity index (χ0) is 17.2. The lowest BCUT2D eigenvalue weighted by atomic mass is 9.84. The molecule has 126 valence electrons. The number of carbonyl (C=O) groups is 1. The number of H-pyrrole nitrogens is 1. The first-order valence-corrected chi connectivity index (χ1v) is 8.42. The van der Waals surface area contributed by atoms with Crippen LogP contribution < -0.4 is 10.1 Å². The molecule has 0 fully saturated rings. The van der Waals surface area contributed by atoms with Gasteiger partial charge in [-0.1, -0.05) is 42.5 Å². The molecule has 1 aromatic heterocycles. The zero-order valence-electron chi connectivity index (χ0n) is 14.0. The number of rotatable bonds is 4. The van der Waals surface area contributed by atoms with Crippen LogP contribution in [0.3, 0.4) is 0 Å². The molecule has 2 aromatic carbocycles. The Balaban J connectivity index is 1.78. The van der Waals surface area contributed by atoms with Crippen molar-refractivity contribution in [2.45, 2.75) is 19.3 Å². The molecule has 25 heavy (non-hydrogen) atoms. The highest BCUT2D eigenvalue weighted by Gasteiger charge is 2.31. The molecule has 0 saturated heterocycles. The van der Waals surface area contributed by atoms with Gasteiger partial charge in [-0.15, -0.1) is 0 Å². The van der Waals surface area contributed by atoms with Crippen molar-refractivity contribution in [3.8, 4) is 17.0 Å². The van der Waals surface area contributed by atoms with Gasteiger partial charge in [0, 0.05) is 17.9 Å². The summed E-state index contributed by atoms with van der Waals surface area (Å²) in [6.07, 6.45) is 0.403. The molecular formula is C20H19N3O2. The Kier molecular flexibility index (Phi) is 3.98.